The largest absolute Gasteiger partial charge is 0.481 e. The number of carbonyl (C=O) groups is 2. The Hall–Kier alpha value is -0.980. The average Bonchev–Trinajstić information content (AvgIpc) is 2.52. The molecule has 0 aromatic heterocycles. The van der Waals surface area contributed by atoms with Gasteiger partial charge in [-0.15, -0.1) is 0 Å². The van der Waals surface area contributed by atoms with Crippen LogP contribution in [0.2, 0.25) is 0 Å². The van der Waals surface area contributed by atoms with Gasteiger partial charge in [0.05, 0.1) is 13.2 Å². The van der Waals surface area contributed by atoms with Crippen LogP contribution in [0.5, 0.6) is 0 Å². The normalized spacial score (nSPS) is 9.62. The van der Waals surface area contributed by atoms with Gasteiger partial charge in [-0.05, 0) is 20.3 Å². The standard InChI is InChI=1S/C12H24O2.C3H8O3.C3H6O/c1-2-3-4-5-6-7-8-9-10-11-12(13)14;4-1-3(6)2-5;1-3(2)4/h2-11H2,1H3,(H,13,14);3-6H,1-2H2;1-2H3. The molecule has 0 spiro atoms. The van der Waals surface area contributed by atoms with Crippen molar-refractivity contribution in [3.8, 4) is 0 Å². The molecule has 0 unspecified atom stereocenters. The van der Waals surface area contributed by atoms with E-state index < -0.39 is 12.1 Å². The van der Waals surface area contributed by atoms with Crippen LogP contribution in [0, 0.1) is 0 Å². The Labute approximate surface area is 146 Å². The molecule has 6 nitrogen and oxygen atoms in total. The predicted molar refractivity (Wildman–Crippen MR) is 96.0 cm³/mol. The molecular weight excluding hydrogens is 312 g/mol. The second kappa shape index (κ2) is 24.3. The molecule has 0 rings (SSSR count). The van der Waals surface area contributed by atoms with Crippen molar-refractivity contribution in [3.05, 3.63) is 0 Å². The molecule has 0 aliphatic carbocycles. The van der Waals surface area contributed by atoms with Gasteiger partial charge in [0.15, 0.2) is 0 Å². The van der Waals surface area contributed by atoms with Crippen LogP contribution in [0.25, 0.3) is 0 Å². The molecule has 4 N–H and O–H groups in total. The van der Waals surface area contributed by atoms with Crippen LogP contribution in [0.4, 0.5) is 0 Å². The zero-order valence-corrected chi connectivity index (χ0v) is 15.7. The Morgan fingerprint density at radius 3 is 1.38 bits per heavy atom. The molecule has 0 saturated heterocycles. The number of aliphatic hydroxyl groups is 3. The topological polar surface area (TPSA) is 115 Å². The van der Waals surface area contributed by atoms with Gasteiger partial charge in [-0.2, -0.15) is 0 Å². The summed E-state index contributed by atoms with van der Waals surface area (Å²) < 4.78 is 0. The quantitative estimate of drug-likeness (QED) is 0.402. The van der Waals surface area contributed by atoms with E-state index in [0.29, 0.717) is 6.42 Å². The molecule has 6 heteroatoms. The highest BCUT2D eigenvalue weighted by atomic mass is 16.4. The lowest BCUT2D eigenvalue weighted by Crippen LogP contribution is -2.15. The van der Waals surface area contributed by atoms with Crippen molar-refractivity contribution in [2.45, 2.75) is 91.1 Å². The van der Waals surface area contributed by atoms with Crippen LogP contribution in [-0.4, -0.2) is 51.5 Å². The van der Waals surface area contributed by atoms with E-state index in [1.54, 1.807) is 0 Å². The lowest BCUT2D eigenvalue weighted by molar-refractivity contribution is -0.137. The first-order valence-electron chi connectivity index (χ1n) is 8.90. The first-order valence-corrected chi connectivity index (χ1v) is 8.90. The summed E-state index contributed by atoms with van der Waals surface area (Å²) in [5.74, 6) is -0.493. The Balaban J connectivity index is -0.000000363. The summed E-state index contributed by atoms with van der Waals surface area (Å²) in [6.45, 7) is 4.55. The van der Waals surface area contributed by atoms with E-state index in [-0.39, 0.29) is 19.0 Å². The number of ketones is 1. The maximum atomic E-state index is 10.2. The zero-order chi connectivity index (χ0) is 19.2. The molecule has 0 aliphatic heterocycles. The second-order valence-electron chi connectivity index (χ2n) is 5.90. The highest BCUT2D eigenvalue weighted by Crippen LogP contribution is 2.10. The van der Waals surface area contributed by atoms with Gasteiger partial charge in [-0.3, -0.25) is 4.79 Å². The van der Waals surface area contributed by atoms with E-state index in [2.05, 4.69) is 6.92 Å². The number of aliphatic hydroxyl groups excluding tert-OH is 3. The van der Waals surface area contributed by atoms with Gasteiger partial charge in [-0.25, -0.2) is 0 Å². The van der Waals surface area contributed by atoms with Crippen LogP contribution in [0.1, 0.15) is 85.0 Å². The summed E-state index contributed by atoms with van der Waals surface area (Å²) in [6.07, 6.45) is 10.5. The first-order chi connectivity index (χ1) is 11.3. The molecule has 146 valence electrons. The van der Waals surface area contributed by atoms with Crippen molar-refractivity contribution in [1.29, 1.82) is 0 Å². The van der Waals surface area contributed by atoms with Gasteiger partial charge in [0.2, 0.25) is 0 Å². The van der Waals surface area contributed by atoms with E-state index in [1.165, 1.54) is 58.8 Å². The third kappa shape index (κ3) is 42.9. The minimum Gasteiger partial charge on any atom is -0.481 e. The molecule has 0 atom stereocenters. The number of unbranched alkanes of at least 4 members (excludes halogenated alkanes) is 8. The molecule has 0 amide bonds. The molecule has 0 fully saturated rings. The fraction of sp³-hybridized carbons (Fsp3) is 0.889. The fourth-order valence-electron chi connectivity index (χ4n) is 1.64. The lowest BCUT2D eigenvalue weighted by atomic mass is 10.1. The minimum absolute atomic E-state index is 0.167. The van der Waals surface area contributed by atoms with E-state index in [1.807, 2.05) is 0 Å². The molecule has 0 aromatic carbocycles. The molecule has 0 aliphatic rings. The van der Waals surface area contributed by atoms with Gasteiger partial charge in [0.25, 0.3) is 0 Å². The van der Waals surface area contributed by atoms with Gasteiger partial charge >= 0.3 is 5.97 Å². The maximum Gasteiger partial charge on any atom is 0.303 e. The van der Waals surface area contributed by atoms with Crippen molar-refractivity contribution in [2.24, 2.45) is 0 Å². The van der Waals surface area contributed by atoms with Crippen LogP contribution in [0.3, 0.4) is 0 Å². The molecule has 0 radical (unpaired) electrons. The molecular formula is C18H38O6. The average molecular weight is 350 g/mol. The molecule has 0 bridgehead atoms. The SMILES string of the molecule is CC(C)=O.CCCCCCCCCCCC(=O)O.OCC(O)CO. The number of carbonyl (C=O) groups excluding carboxylic acids is 1. The van der Waals surface area contributed by atoms with Gasteiger partial charge in [-0.1, -0.05) is 58.3 Å². The maximum absolute atomic E-state index is 10.2. The number of rotatable bonds is 12. The Morgan fingerprint density at radius 2 is 1.12 bits per heavy atom. The van der Waals surface area contributed by atoms with E-state index in [9.17, 15) is 9.59 Å². The third-order valence-electron chi connectivity index (χ3n) is 2.92. The second-order valence-corrected chi connectivity index (χ2v) is 5.90. The monoisotopic (exact) mass is 350 g/mol. The summed E-state index contributed by atoms with van der Waals surface area (Å²) >= 11 is 0. The number of hydrogen-bond donors (Lipinski definition) is 4. The fourth-order valence-corrected chi connectivity index (χ4v) is 1.64. The van der Waals surface area contributed by atoms with Crippen molar-refractivity contribution in [2.75, 3.05) is 13.2 Å². The van der Waals surface area contributed by atoms with E-state index in [4.69, 9.17) is 20.4 Å². The zero-order valence-electron chi connectivity index (χ0n) is 15.7. The highest BCUT2D eigenvalue weighted by Gasteiger charge is 1.96. The Kier molecular flexibility index (Phi) is 28.2. The molecule has 0 aromatic rings. The summed E-state index contributed by atoms with van der Waals surface area (Å²) in [5, 5.41) is 32.4. The molecule has 0 heterocycles. The van der Waals surface area contributed by atoms with Crippen molar-refractivity contribution in [3.63, 3.8) is 0 Å². The highest BCUT2D eigenvalue weighted by molar-refractivity contribution is 5.72. The van der Waals surface area contributed by atoms with Crippen molar-refractivity contribution >= 4 is 11.8 Å². The van der Waals surface area contributed by atoms with Crippen LogP contribution in [-0.2, 0) is 9.59 Å². The number of hydrogen-bond acceptors (Lipinski definition) is 5. The van der Waals surface area contributed by atoms with E-state index >= 15 is 0 Å². The van der Waals surface area contributed by atoms with Crippen molar-refractivity contribution in [1.82, 2.24) is 0 Å². The van der Waals surface area contributed by atoms with Gasteiger partial charge in [0, 0.05) is 6.42 Å². The van der Waals surface area contributed by atoms with Crippen LogP contribution < -0.4 is 0 Å². The first kappa shape index (κ1) is 27.8. The number of Topliss-reactive ketones (excluding diaryl/α,β-unsaturated/α-hetero) is 1. The minimum atomic E-state index is -0.954. The lowest BCUT2D eigenvalue weighted by Gasteiger charge is -2.00. The number of carboxylic acid groups (broad SMARTS) is 1. The predicted octanol–water partition coefficient (Wildman–Crippen LogP) is 2.92. The van der Waals surface area contributed by atoms with Gasteiger partial charge < -0.3 is 25.2 Å². The Bertz CT molecular complexity index is 260. The van der Waals surface area contributed by atoms with Crippen LogP contribution >= 0.6 is 0 Å². The molecule has 0 saturated carbocycles. The number of carboxylic acids is 1. The van der Waals surface area contributed by atoms with Crippen molar-refractivity contribution < 1.29 is 30.0 Å². The third-order valence-corrected chi connectivity index (χ3v) is 2.92. The summed E-state index contributed by atoms with van der Waals surface area (Å²) in [4.78, 5) is 19.7. The summed E-state index contributed by atoms with van der Waals surface area (Å²) in [5.41, 5.74) is 0. The Morgan fingerprint density at radius 1 is 0.792 bits per heavy atom. The smallest absolute Gasteiger partial charge is 0.303 e. The van der Waals surface area contributed by atoms with E-state index in [0.717, 1.165) is 12.8 Å². The number of aliphatic carboxylic acids is 1. The summed E-state index contributed by atoms with van der Waals surface area (Å²) in [7, 11) is 0. The molecule has 24 heavy (non-hydrogen) atoms. The van der Waals surface area contributed by atoms with Crippen LogP contribution in [0.15, 0.2) is 0 Å². The van der Waals surface area contributed by atoms with Gasteiger partial charge in [0.1, 0.15) is 11.9 Å². The summed E-state index contributed by atoms with van der Waals surface area (Å²) in [6, 6.07) is 0.